The van der Waals surface area contributed by atoms with Gasteiger partial charge < -0.3 is 0 Å². The summed E-state index contributed by atoms with van der Waals surface area (Å²) in [4.78, 5) is 16.4. The first-order valence-electron chi connectivity index (χ1n) is 7.58. The van der Waals surface area contributed by atoms with Gasteiger partial charge in [0.25, 0.3) is 0 Å². The molecule has 126 valence electrons. The molecule has 0 radical (unpaired) electrons. The van der Waals surface area contributed by atoms with Gasteiger partial charge in [0.1, 0.15) is 17.4 Å². The normalized spacial score (nSPS) is 19.4. The van der Waals surface area contributed by atoms with E-state index in [1.54, 1.807) is 11.7 Å². The molecule has 1 aliphatic heterocycles. The number of sulfonamides is 1. The van der Waals surface area contributed by atoms with Crippen molar-refractivity contribution in [2.24, 2.45) is 7.05 Å². The third-order valence-electron chi connectivity index (χ3n) is 4.27. The summed E-state index contributed by atoms with van der Waals surface area (Å²) in [6, 6.07) is 3.54. The fourth-order valence-electron chi connectivity index (χ4n) is 2.82. The summed E-state index contributed by atoms with van der Waals surface area (Å²) in [7, 11) is -2.12. The molecule has 0 unspecified atom stereocenters. The Morgan fingerprint density at radius 1 is 1.33 bits per heavy atom. The highest BCUT2D eigenvalue weighted by atomic mass is 32.2. The molecule has 0 atom stereocenters. The maximum Gasteiger partial charge on any atom is 0.243 e. The number of carbonyl (C=O) groups excluding carboxylic acids is 1. The van der Waals surface area contributed by atoms with E-state index in [-0.39, 0.29) is 17.8 Å². The number of fused-ring (bicyclic) bond motifs is 1. The Labute approximate surface area is 138 Å². The number of hydrogen-bond donors (Lipinski definition) is 0. The Hall–Kier alpha value is -2.29. The predicted molar refractivity (Wildman–Crippen MR) is 83.7 cm³/mol. The van der Waals surface area contributed by atoms with Crippen molar-refractivity contribution < 1.29 is 17.6 Å². The fourth-order valence-corrected chi connectivity index (χ4v) is 4.24. The van der Waals surface area contributed by atoms with Crippen LogP contribution in [-0.2, 0) is 23.6 Å². The molecule has 2 heterocycles. The van der Waals surface area contributed by atoms with Crippen molar-refractivity contribution in [1.82, 2.24) is 14.8 Å². The van der Waals surface area contributed by atoms with E-state index in [4.69, 9.17) is 0 Å². The van der Waals surface area contributed by atoms with Crippen molar-refractivity contribution in [3.05, 3.63) is 41.2 Å². The number of anilines is 1. The summed E-state index contributed by atoms with van der Waals surface area (Å²) in [6.07, 6.45) is 2.09. The molecule has 2 aliphatic rings. The number of Topliss-reactive ketones (excluding diaryl/α,β-unsaturated/α-hetero) is 1. The lowest BCUT2D eigenvalue weighted by atomic mass is 10.1. The van der Waals surface area contributed by atoms with Crippen LogP contribution >= 0.6 is 0 Å². The average molecular weight is 350 g/mol. The lowest BCUT2D eigenvalue weighted by molar-refractivity contribution is 0.101. The van der Waals surface area contributed by atoms with Crippen LogP contribution in [0.25, 0.3) is 0 Å². The number of carbonyl (C=O) groups is 1. The Bertz CT molecular complexity index is 950. The highest BCUT2D eigenvalue weighted by molar-refractivity contribution is 7.93. The molecule has 4 rings (SSSR count). The van der Waals surface area contributed by atoms with E-state index in [1.807, 2.05) is 0 Å². The van der Waals surface area contributed by atoms with Gasteiger partial charge in [0, 0.05) is 18.5 Å². The lowest BCUT2D eigenvalue weighted by Crippen LogP contribution is -2.40. The monoisotopic (exact) mass is 350 g/mol. The zero-order valence-electron chi connectivity index (χ0n) is 12.9. The number of ketones is 1. The molecule has 0 amide bonds. The maximum absolute atomic E-state index is 13.4. The van der Waals surface area contributed by atoms with Crippen molar-refractivity contribution in [2.45, 2.75) is 25.3 Å². The Morgan fingerprint density at radius 3 is 2.79 bits per heavy atom. The minimum absolute atomic E-state index is 0.0372. The molecular weight excluding hydrogens is 335 g/mol. The second kappa shape index (κ2) is 5.10. The standard InChI is InChI=1S/C15H15FN4O3S/c1-19-14(17-15(18-19)9-2-3-9)7-20-12-5-4-10(16)6-11(12)13(21)8-24(20,22)23/h4-6,9H,2-3,7-8H2,1H3. The first kappa shape index (κ1) is 15.3. The number of aromatic nitrogens is 3. The summed E-state index contributed by atoms with van der Waals surface area (Å²) in [5.41, 5.74) is 0.262. The van der Waals surface area contributed by atoms with E-state index < -0.39 is 27.4 Å². The first-order valence-corrected chi connectivity index (χ1v) is 9.19. The summed E-state index contributed by atoms with van der Waals surface area (Å²) in [6.45, 7) is -0.0372. The molecule has 1 aliphatic carbocycles. The molecule has 0 bridgehead atoms. The van der Waals surface area contributed by atoms with E-state index in [0.717, 1.165) is 35.1 Å². The molecule has 0 N–H and O–H groups in total. The van der Waals surface area contributed by atoms with Crippen LogP contribution in [0, 0.1) is 5.82 Å². The van der Waals surface area contributed by atoms with E-state index in [2.05, 4.69) is 10.1 Å². The van der Waals surface area contributed by atoms with E-state index in [9.17, 15) is 17.6 Å². The van der Waals surface area contributed by atoms with Gasteiger partial charge in [-0.3, -0.25) is 13.8 Å². The summed E-state index contributed by atoms with van der Waals surface area (Å²) >= 11 is 0. The molecule has 24 heavy (non-hydrogen) atoms. The molecule has 0 spiro atoms. The number of aryl methyl sites for hydroxylation is 1. The Kier molecular flexibility index (Phi) is 3.24. The van der Waals surface area contributed by atoms with Crippen molar-refractivity contribution in [3.63, 3.8) is 0 Å². The zero-order chi connectivity index (χ0) is 17.1. The third kappa shape index (κ3) is 2.48. The average Bonchev–Trinajstić information content (AvgIpc) is 3.28. The van der Waals surface area contributed by atoms with E-state index in [1.165, 1.54) is 6.07 Å². The van der Waals surface area contributed by atoms with Gasteiger partial charge in [-0.15, -0.1) is 0 Å². The van der Waals surface area contributed by atoms with Crippen LogP contribution in [0.2, 0.25) is 0 Å². The topological polar surface area (TPSA) is 85.2 Å². The molecule has 1 aromatic carbocycles. The largest absolute Gasteiger partial charge is 0.293 e. The number of hydrogen-bond acceptors (Lipinski definition) is 5. The molecule has 2 aromatic rings. The van der Waals surface area contributed by atoms with E-state index >= 15 is 0 Å². The number of rotatable bonds is 3. The number of nitrogens with zero attached hydrogens (tertiary/aromatic N) is 4. The Balaban J connectivity index is 1.76. The summed E-state index contributed by atoms with van der Waals surface area (Å²) in [5, 5.41) is 4.33. The van der Waals surface area contributed by atoms with Crippen molar-refractivity contribution in [1.29, 1.82) is 0 Å². The highest BCUT2D eigenvalue weighted by Gasteiger charge is 2.36. The van der Waals surface area contributed by atoms with Crippen molar-refractivity contribution >= 4 is 21.5 Å². The SMILES string of the molecule is Cn1nc(C2CC2)nc1CN1c2ccc(F)cc2C(=O)CS1(=O)=O. The minimum atomic E-state index is -3.83. The zero-order valence-corrected chi connectivity index (χ0v) is 13.8. The quantitative estimate of drug-likeness (QED) is 0.834. The smallest absolute Gasteiger partial charge is 0.243 e. The van der Waals surface area contributed by atoms with Crippen molar-refractivity contribution in [2.75, 3.05) is 10.1 Å². The second-order valence-electron chi connectivity index (χ2n) is 6.13. The Morgan fingerprint density at radius 2 is 2.08 bits per heavy atom. The molecule has 7 nitrogen and oxygen atoms in total. The van der Waals surface area contributed by atoms with Gasteiger partial charge in [-0.1, -0.05) is 0 Å². The number of benzene rings is 1. The van der Waals surface area contributed by atoms with Crippen LogP contribution in [0.3, 0.4) is 0 Å². The molecular formula is C15H15FN4O3S. The van der Waals surface area contributed by atoms with Gasteiger partial charge in [0.2, 0.25) is 10.0 Å². The van der Waals surface area contributed by atoms with Gasteiger partial charge in [-0.2, -0.15) is 5.10 Å². The fraction of sp³-hybridized carbons (Fsp3) is 0.400. The summed E-state index contributed by atoms with van der Waals surface area (Å²) < 4.78 is 41.0. The first-order chi connectivity index (χ1) is 11.3. The van der Waals surface area contributed by atoms with E-state index in [0.29, 0.717) is 11.7 Å². The molecule has 1 aromatic heterocycles. The highest BCUT2D eigenvalue weighted by Crippen LogP contribution is 2.38. The summed E-state index contributed by atoms with van der Waals surface area (Å²) in [5.74, 6) is -0.279. The van der Waals surface area contributed by atoms with Crippen LogP contribution in [0.1, 0.15) is 40.8 Å². The van der Waals surface area contributed by atoms with Crippen LogP contribution in [0.4, 0.5) is 10.1 Å². The van der Waals surface area contributed by atoms with Gasteiger partial charge in [-0.05, 0) is 31.0 Å². The van der Waals surface area contributed by atoms with Gasteiger partial charge >= 0.3 is 0 Å². The molecule has 9 heteroatoms. The van der Waals surface area contributed by atoms with Crippen molar-refractivity contribution in [3.8, 4) is 0 Å². The number of halogens is 1. The molecule has 1 fully saturated rings. The molecule has 1 saturated carbocycles. The van der Waals surface area contributed by atoms with Gasteiger partial charge in [0.15, 0.2) is 11.6 Å². The van der Waals surface area contributed by atoms with Crippen LogP contribution in [0.5, 0.6) is 0 Å². The van der Waals surface area contributed by atoms with Crippen LogP contribution in [0.15, 0.2) is 18.2 Å². The maximum atomic E-state index is 13.4. The van der Waals surface area contributed by atoms with Gasteiger partial charge in [-0.25, -0.2) is 17.8 Å². The van der Waals surface area contributed by atoms with Crippen LogP contribution in [-0.4, -0.2) is 34.7 Å². The third-order valence-corrected chi connectivity index (χ3v) is 5.90. The lowest BCUT2D eigenvalue weighted by Gasteiger charge is -2.29. The predicted octanol–water partition coefficient (Wildman–Crippen LogP) is 1.36. The van der Waals surface area contributed by atoms with Gasteiger partial charge in [0.05, 0.1) is 12.2 Å². The second-order valence-corrected chi connectivity index (χ2v) is 8.02. The minimum Gasteiger partial charge on any atom is -0.293 e. The molecule has 0 saturated heterocycles. The van der Waals surface area contributed by atoms with Crippen LogP contribution < -0.4 is 4.31 Å².